The maximum Gasteiger partial charge on any atom is 0.317 e. The highest BCUT2D eigenvalue weighted by atomic mass is 35.5. The van der Waals surface area contributed by atoms with Gasteiger partial charge in [0.1, 0.15) is 0 Å². The van der Waals surface area contributed by atoms with Crippen molar-refractivity contribution in [2.24, 2.45) is 5.92 Å². The summed E-state index contributed by atoms with van der Waals surface area (Å²) in [6, 6.07) is 3.28. The monoisotopic (exact) mass is 370 g/mol. The molecule has 1 aliphatic rings. The van der Waals surface area contributed by atoms with Crippen molar-refractivity contribution < 1.29 is 24.2 Å². The molecule has 1 aliphatic heterocycles. The maximum atomic E-state index is 12.2. The van der Waals surface area contributed by atoms with E-state index in [2.05, 4.69) is 5.32 Å². The zero-order chi connectivity index (χ0) is 18.4. The zero-order valence-corrected chi connectivity index (χ0v) is 15.1. The molecule has 1 aromatic rings. The number of ether oxygens (including phenoxy) is 2. The third-order valence-corrected chi connectivity index (χ3v) is 4.43. The number of benzene rings is 1. The van der Waals surface area contributed by atoms with Gasteiger partial charge in [0.25, 0.3) is 0 Å². The number of rotatable bonds is 6. The van der Waals surface area contributed by atoms with Gasteiger partial charge >= 0.3 is 12.0 Å². The predicted molar refractivity (Wildman–Crippen MR) is 93.3 cm³/mol. The molecule has 2 N–H and O–H groups in total. The number of amides is 2. The molecule has 0 aliphatic carbocycles. The Morgan fingerprint density at radius 3 is 2.60 bits per heavy atom. The fourth-order valence-corrected chi connectivity index (χ4v) is 3.07. The molecular formula is C17H23ClN2O5. The molecule has 1 aromatic carbocycles. The number of carboxylic acids is 1. The molecule has 8 heteroatoms. The van der Waals surface area contributed by atoms with E-state index in [4.69, 9.17) is 26.2 Å². The van der Waals surface area contributed by atoms with Crippen molar-refractivity contribution in [1.29, 1.82) is 0 Å². The Kier molecular flexibility index (Phi) is 6.75. The summed E-state index contributed by atoms with van der Waals surface area (Å²) in [5.41, 5.74) is 0.791. The first-order chi connectivity index (χ1) is 12.0. The van der Waals surface area contributed by atoms with Gasteiger partial charge < -0.3 is 24.8 Å². The number of carbonyl (C=O) groups is 2. The van der Waals surface area contributed by atoms with Gasteiger partial charge in [-0.25, -0.2) is 4.79 Å². The highest BCUT2D eigenvalue weighted by molar-refractivity contribution is 6.32. The second kappa shape index (κ2) is 8.80. The number of aliphatic carboxylic acids is 1. The van der Waals surface area contributed by atoms with Gasteiger partial charge in [0.15, 0.2) is 11.5 Å². The fourth-order valence-electron chi connectivity index (χ4n) is 2.78. The van der Waals surface area contributed by atoms with E-state index in [0.717, 1.165) is 5.56 Å². The molecule has 1 saturated heterocycles. The van der Waals surface area contributed by atoms with Crippen LogP contribution >= 0.6 is 11.6 Å². The maximum absolute atomic E-state index is 12.2. The Morgan fingerprint density at radius 2 is 2.04 bits per heavy atom. The van der Waals surface area contributed by atoms with Crippen LogP contribution in [0.2, 0.25) is 5.02 Å². The summed E-state index contributed by atoms with van der Waals surface area (Å²) in [5.74, 6) is -0.159. The van der Waals surface area contributed by atoms with E-state index in [-0.39, 0.29) is 11.9 Å². The van der Waals surface area contributed by atoms with Crippen molar-refractivity contribution in [1.82, 2.24) is 10.2 Å². The molecule has 0 spiro atoms. The molecule has 1 fully saturated rings. The molecule has 0 unspecified atom stereocenters. The smallest absolute Gasteiger partial charge is 0.317 e. The first-order valence-corrected chi connectivity index (χ1v) is 8.58. The molecule has 0 atom stereocenters. The third-order valence-electron chi connectivity index (χ3n) is 4.15. The second-order valence-corrected chi connectivity index (χ2v) is 6.21. The van der Waals surface area contributed by atoms with Gasteiger partial charge in [-0.05, 0) is 37.5 Å². The van der Waals surface area contributed by atoms with Crippen LogP contribution in [0, 0.1) is 5.92 Å². The van der Waals surface area contributed by atoms with E-state index < -0.39 is 5.97 Å². The van der Waals surface area contributed by atoms with Crippen molar-refractivity contribution in [3.63, 3.8) is 0 Å². The van der Waals surface area contributed by atoms with E-state index in [1.807, 2.05) is 6.92 Å². The molecule has 1 heterocycles. The van der Waals surface area contributed by atoms with Crippen LogP contribution in [0.1, 0.15) is 25.3 Å². The number of methoxy groups -OCH3 is 1. The molecule has 0 aromatic heterocycles. The van der Waals surface area contributed by atoms with Crippen molar-refractivity contribution in [3.05, 3.63) is 22.7 Å². The molecule has 0 saturated carbocycles. The van der Waals surface area contributed by atoms with Crippen LogP contribution < -0.4 is 14.8 Å². The molecule has 0 bridgehead atoms. The lowest BCUT2D eigenvalue weighted by atomic mass is 9.97. The summed E-state index contributed by atoms with van der Waals surface area (Å²) in [6.07, 6.45) is 0.955. The van der Waals surface area contributed by atoms with Crippen LogP contribution in [0.25, 0.3) is 0 Å². The van der Waals surface area contributed by atoms with Crippen LogP contribution in [-0.2, 0) is 11.3 Å². The van der Waals surface area contributed by atoms with Crippen molar-refractivity contribution in [2.75, 3.05) is 26.8 Å². The van der Waals surface area contributed by atoms with Crippen LogP contribution in [0.3, 0.4) is 0 Å². The highest BCUT2D eigenvalue weighted by Gasteiger charge is 2.26. The van der Waals surface area contributed by atoms with Gasteiger partial charge in [-0.2, -0.15) is 0 Å². The Balaban J connectivity index is 1.94. The number of likely N-dealkylation sites (tertiary alicyclic amines) is 1. The first-order valence-electron chi connectivity index (χ1n) is 8.21. The molecule has 2 rings (SSSR count). The van der Waals surface area contributed by atoms with Crippen LogP contribution in [-0.4, -0.2) is 48.8 Å². The van der Waals surface area contributed by atoms with E-state index in [1.54, 1.807) is 17.0 Å². The lowest BCUT2D eigenvalue weighted by Gasteiger charge is -2.30. The number of hydrogen-bond acceptors (Lipinski definition) is 4. The number of piperidine rings is 1. The van der Waals surface area contributed by atoms with E-state index in [9.17, 15) is 9.59 Å². The topological polar surface area (TPSA) is 88.1 Å². The quantitative estimate of drug-likeness (QED) is 0.803. The van der Waals surface area contributed by atoms with E-state index in [0.29, 0.717) is 55.6 Å². The number of nitrogens with zero attached hydrogens (tertiary/aromatic N) is 1. The average molecular weight is 371 g/mol. The van der Waals surface area contributed by atoms with Crippen LogP contribution in [0.4, 0.5) is 4.79 Å². The number of nitrogens with one attached hydrogen (secondary N) is 1. The number of hydrogen-bond donors (Lipinski definition) is 2. The molecule has 7 nitrogen and oxygen atoms in total. The van der Waals surface area contributed by atoms with Gasteiger partial charge in [0.2, 0.25) is 0 Å². The molecular weight excluding hydrogens is 348 g/mol. The normalized spacial score (nSPS) is 14.9. The number of halogens is 1. The Bertz CT molecular complexity index is 630. The average Bonchev–Trinajstić information content (AvgIpc) is 2.61. The number of carbonyl (C=O) groups excluding carboxylic acids is 1. The summed E-state index contributed by atoms with van der Waals surface area (Å²) in [5, 5.41) is 12.2. The molecule has 2 amide bonds. The third kappa shape index (κ3) is 4.92. The Labute approximate surface area is 151 Å². The standard InChI is InChI=1S/C17H23ClN2O5/c1-3-25-15-13(18)8-11(9-14(15)24-2)10-19-17(23)20-6-4-12(5-7-20)16(21)22/h8-9,12H,3-7,10H2,1-2H3,(H,19,23)(H,21,22). The van der Waals surface area contributed by atoms with Gasteiger partial charge in [-0.15, -0.1) is 0 Å². The van der Waals surface area contributed by atoms with Crippen molar-refractivity contribution in [2.45, 2.75) is 26.3 Å². The van der Waals surface area contributed by atoms with E-state index in [1.165, 1.54) is 7.11 Å². The van der Waals surface area contributed by atoms with Crippen molar-refractivity contribution >= 4 is 23.6 Å². The largest absolute Gasteiger partial charge is 0.493 e. The summed E-state index contributed by atoms with van der Waals surface area (Å²) in [7, 11) is 1.53. The molecule has 138 valence electrons. The van der Waals surface area contributed by atoms with Gasteiger partial charge in [-0.1, -0.05) is 11.6 Å². The number of urea groups is 1. The summed E-state index contributed by atoms with van der Waals surface area (Å²) in [4.78, 5) is 24.8. The SMILES string of the molecule is CCOc1c(Cl)cc(CNC(=O)N2CCC(C(=O)O)CC2)cc1OC. The molecule has 0 radical (unpaired) electrons. The lowest BCUT2D eigenvalue weighted by molar-refractivity contribution is -0.143. The minimum absolute atomic E-state index is 0.215. The van der Waals surface area contributed by atoms with Gasteiger partial charge in [-0.3, -0.25) is 4.79 Å². The van der Waals surface area contributed by atoms with Crippen LogP contribution in [0.15, 0.2) is 12.1 Å². The Morgan fingerprint density at radius 1 is 1.36 bits per heavy atom. The summed E-state index contributed by atoms with van der Waals surface area (Å²) < 4.78 is 10.8. The minimum atomic E-state index is -0.795. The minimum Gasteiger partial charge on any atom is -0.493 e. The summed E-state index contributed by atoms with van der Waals surface area (Å²) in [6.45, 7) is 3.50. The first kappa shape index (κ1) is 19.2. The predicted octanol–water partition coefficient (Wildman–Crippen LogP) is 2.75. The molecule has 25 heavy (non-hydrogen) atoms. The van der Waals surface area contributed by atoms with Crippen LogP contribution in [0.5, 0.6) is 11.5 Å². The number of carboxylic acid groups (broad SMARTS) is 1. The van der Waals surface area contributed by atoms with Gasteiger partial charge in [0.05, 0.1) is 24.7 Å². The highest BCUT2D eigenvalue weighted by Crippen LogP contribution is 2.36. The zero-order valence-electron chi connectivity index (χ0n) is 14.4. The second-order valence-electron chi connectivity index (χ2n) is 5.80. The summed E-state index contributed by atoms with van der Waals surface area (Å²) >= 11 is 6.22. The van der Waals surface area contributed by atoms with Gasteiger partial charge in [0, 0.05) is 19.6 Å². The Hall–Kier alpha value is -2.15. The van der Waals surface area contributed by atoms with Crippen molar-refractivity contribution in [3.8, 4) is 11.5 Å². The fraction of sp³-hybridized carbons (Fsp3) is 0.529. The lowest BCUT2D eigenvalue weighted by Crippen LogP contribution is -2.45. The van der Waals surface area contributed by atoms with E-state index >= 15 is 0 Å².